The van der Waals surface area contributed by atoms with Crippen LogP contribution in [0.3, 0.4) is 0 Å². The molecule has 1 aromatic heterocycles. The summed E-state index contributed by atoms with van der Waals surface area (Å²) in [5.41, 5.74) is 0. The number of amides is 2. The first-order valence-corrected chi connectivity index (χ1v) is 9.71. The molecule has 0 N–H and O–H groups in total. The van der Waals surface area contributed by atoms with E-state index in [9.17, 15) is 9.59 Å². The Labute approximate surface area is 154 Å². The molecule has 4 heterocycles. The van der Waals surface area contributed by atoms with Crippen molar-refractivity contribution < 1.29 is 9.59 Å². The molecule has 1 atom stereocenters. The van der Waals surface area contributed by atoms with Crippen molar-refractivity contribution in [1.82, 2.24) is 29.5 Å². The summed E-state index contributed by atoms with van der Waals surface area (Å²) in [5, 5.41) is 8.82. The van der Waals surface area contributed by atoms with Crippen LogP contribution in [0.25, 0.3) is 0 Å². The maximum Gasteiger partial charge on any atom is 0.245 e. The van der Waals surface area contributed by atoms with Gasteiger partial charge in [-0.1, -0.05) is 0 Å². The van der Waals surface area contributed by atoms with Gasteiger partial charge in [-0.15, -0.1) is 10.2 Å². The van der Waals surface area contributed by atoms with Crippen LogP contribution in [0.1, 0.15) is 49.8 Å². The van der Waals surface area contributed by atoms with Crippen LogP contribution in [0.15, 0.2) is 0 Å². The molecule has 8 nitrogen and oxygen atoms in total. The highest BCUT2D eigenvalue weighted by Crippen LogP contribution is 2.34. The lowest BCUT2D eigenvalue weighted by Crippen LogP contribution is -2.49. The molecule has 0 radical (unpaired) electrons. The van der Waals surface area contributed by atoms with Gasteiger partial charge in [-0.25, -0.2) is 0 Å². The molecule has 0 aromatic carbocycles. The van der Waals surface area contributed by atoms with Gasteiger partial charge in [-0.2, -0.15) is 0 Å². The average Bonchev–Trinajstić information content (AvgIpc) is 3.24. The Morgan fingerprint density at radius 2 is 1.62 bits per heavy atom. The first kappa shape index (κ1) is 17.5. The van der Waals surface area contributed by atoms with Crippen molar-refractivity contribution in [2.75, 3.05) is 46.3 Å². The van der Waals surface area contributed by atoms with Gasteiger partial charge in [0, 0.05) is 58.5 Å². The number of likely N-dealkylation sites (tertiary alicyclic amines) is 1. The van der Waals surface area contributed by atoms with E-state index in [1.165, 1.54) is 0 Å². The van der Waals surface area contributed by atoms with E-state index in [0.717, 1.165) is 76.6 Å². The molecule has 1 aromatic rings. The maximum atomic E-state index is 13.1. The van der Waals surface area contributed by atoms with Crippen LogP contribution in [0.2, 0.25) is 0 Å². The summed E-state index contributed by atoms with van der Waals surface area (Å²) in [7, 11) is 2.10. The third kappa shape index (κ3) is 3.11. The fourth-order valence-corrected chi connectivity index (χ4v) is 4.44. The number of hydrogen-bond donors (Lipinski definition) is 0. The van der Waals surface area contributed by atoms with Crippen LogP contribution in [-0.2, 0) is 16.0 Å². The number of piperazine rings is 1. The van der Waals surface area contributed by atoms with E-state index in [-0.39, 0.29) is 23.8 Å². The maximum absolute atomic E-state index is 13.1. The molecule has 26 heavy (non-hydrogen) atoms. The number of aromatic nitrogens is 3. The smallest absolute Gasteiger partial charge is 0.245 e. The molecule has 0 spiro atoms. The second kappa shape index (κ2) is 6.98. The largest absolute Gasteiger partial charge is 0.343 e. The molecule has 2 fully saturated rings. The minimum Gasteiger partial charge on any atom is -0.343 e. The average molecular weight is 360 g/mol. The highest BCUT2D eigenvalue weighted by Gasteiger charge is 2.38. The van der Waals surface area contributed by atoms with Crippen molar-refractivity contribution in [3.63, 3.8) is 0 Å². The summed E-state index contributed by atoms with van der Waals surface area (Å²) in [6.07, 6.45) is 3.44. The number of aryl methyl sites for hydroxylation is 1. The summed E-state index contributed by atoms with van der Waals surface area (Å²) in [5.74, 6) is 2.54. The fourth-order valence-electron chi connectivity index (χ4n) is 4.44. The van der Waals surface area contributed by atoms with Gasteiger partial charge >= 0.3 is 0 Å². The van der Waals surface area contributed by atoms with E-state index in [0.29, 0.717) is 0 Å². The zero-order valence-electron chi connectivity index (χ0n) is 15.7. The van der Waals surface area contributed by atoms with Gasteiger partial charge in [0.05, 0.1) is 0 Å². The molecule has 0 aliphatic carbocycles. The molecule has 4 rings (SSSR count). The summed E-state index contributed by atoms with van der Waals surface area (Å²) < 4.78 is 2.12. The van der Waals surface area contributed by atoms with Crippen LogP contribution in [0, 0.1) is 0 Å². The molecule has 8 heteroatoms. The van der Waals surface area contributed by atoms with Gasteiger partial charge in [-0.05, 0) is 26.3 Å². The van der Waals surface area contributed by atoms with Crippen molar-refractivity contribution in [3.8, 4) is 0 Å². The third-order valence-corrected chi connectivity index (χ3v) is 6.15. The summed E-state index contributed by atoms with van der Waals surface area (Å²) >= 11 is 0. The highest BCUT2D eigenvalue weighted by molar-refractivity contribution is 5.81. The number of nitrogens with zero attached hydrogens (tertiary/aromatic N) is 6. The van der Waals surface area contributed by atoms with Gasteiger partial charge < -0.3 is 19.3 Å². The number of likely N-dealkylation sites (N-methyl/N-ethyl adjacent to an activating group) is 1. The number of hydrogen-bond acceptors (Lipinski definition) is 5. The Balaban J connectivity index is 1.49. The molecule has 0 bridgehead atoms. The summed E-state index contributed by atoms with van der Waals surface area (Å²) in [6.45, 7) is 6.62. The molecular weight excluding hydrogens is 332 g/mol. The summed E-state index contributed by atoms with van der Waals surface area (Å²) in [6, 6.07) is -0.149. The molecule has 2 amide bonds. The molecule has 142 valence electrons. The van der Waals surface area contributed by atoms with E-state index in [2.05, 4.69) is 26.7 Å². The number of carbonyl (C=O) groups excluding carboxylic acids is 2. The minimum absolute atomic E-state index is 0.137. The fraction of sp³-hybridized carbons (Fsp3) is 0.778. The lowest BCUT2D eigenvalue weighted by atomic mass is 9.95. The van der Waals surface area contributed by atoms with Crippen LogP contribution in [0.4, 0.5) is 0 Å². The topological polar surface area (TPSA) is 74.6 Å². The van der Waals surface area contributed by atoms with Gasteiger partial charge in [0.2, 0.25) is 11.8 Å². The molecule has 3 aliphatic heterocycles. The van der Waals surface area contributed by atoms with Crippen molar-refractivity contribution in [3.05, 3.63) is 11.6 Å². The van der Waals surface area contributed by atoms with Crippen LogP contribution < -0.4 is 0 Å². The first-order chi connectivity index (χ1) is 12.5. The van der Waals surface area contributed by atoms with Gasteiger partial charge in [0.1, 0.15) is 17.7 Å². The normalized spacial score (nSPS) is 24.8. The van der Waals surface area contributed by atoms with Crippen molar-refractivity contribution in [2.24, 2.45) is 0 Å². The van der Waals surface area contributed by atoms with E-state index in [4.69, 9.17) is 0 Å². The number of fused-ring (bicyclic) bond motifs is 1. The van der Waals surface area contributed by atoms with E-state index >= 15 is 0 Å². The predicted molar refractivity (Wildman–Crippen MR) is 95.7 cm³/mol. The molecular formula is C18H28N6O2. The zero-order chi connectivity index (χ0) is 18.3. The zero-order valence-corrected chi connectivity index (χ0v) is 15.7. The number of piperidine rings is 1. The Morgan fingerprint density at radius 3 is 2.27 bits per heavy atom. The number of rotatable bonds is 2. The van der Waals surface area contributed by atoms with E-state index < -0.39 is 0 Å². The minimum atomic E-state index is -0.149. The Bertz CT molecular complexity index is 686. The van der Waals surface area contributed by atoms with Gasteiger partial charge in [-0.3, -0.25) is 9.59 Å². The third-order valence-electron chi connectivity index (χ3n) is 6.15. The monoisotopic (exact) mass is 360 g/mol. The lowest BCUT2D eigenvalue weighted by molar-refractivity contribution is -0.136. The van der Waals surface area contributed by atoms with Crippen molar-refractivity contribution in [1.29, 1.82) is 0 Å². The predicted octanol–water partition coefficient (Wildman–Crippen LogP) is 0.265. The SMILES string of the molecule is CC(=O)N1CCC(c2nnc3n2C(C(=O)N2CCN(C)CC2)CC3)CC1. The molecule has 1 unspecified atom stereocenters. The van der Waals surface area contributed by atoms with Gasteiger partial charge in [0.15, 0.2) is 0 Å². The quantitative estimate of drug-likeness (QED) is 0.757. The second-order valence-electron chi connectivity index (χ2n) is 7.81. The van der Waals surface area contributed by atoms with Crippen molar-refractivity contribution >= 4 is 11.8 Å². The second-order valence-corrected chi connectivity index (χ2v) is 7.81. The van der Waals surface area contributed by atoms with Crippen LogP contribution in [0.5, 0.6) is 0 Å². The Hall–Kier alpha value is -1.96. The highest BCUT2D eigenvalue weighted by atomic mass is 16.2. The number of carbonyl (C=O) groups is 2. The first-order valence-electron chi connectivity index (χ1n) is 9.71. The summed E-state index contributed by atoms with van der Waals surface area (Å²) in [4.78, 5) is 30.8. The van der Waals surface area contributed by atoms with Crippen LogP contribution >= 0.6 is 0 Å². The molecule has 3 aliphatic rings. The van der Waals surface area contributed by atoms with E-state index in [1.807, 2.05) is 9.80 Å². The lowest BCUT2D eigenvalue weighted by Gasteiger charge is -2.35. The van der Waals surface area contributed by atoms with E-state index in [1.54, 1.807) is 6.92 Å². The van der Waals surface area contributed by atoms with Crippen LogP contribution in [-0.4, -0.2) is 87.6 Å². The Kier molecular flexibility index (Phi) is 4.69. The molecule has 0 saturated carbocycles. The Morgan fingerprint density at radius 1 is 0.923 bits per heavy atom. The molecule has 2 saturated heterocycles. The standard InChI is InChI=1S/C18H28N6O2/c1-13(25)22-7-5-14(6-8-22)17-20-19-16-4-3-15(24(16)17)18(26)23-11-9-21(2)10-12-23/h14-15H,3-12H2,1-2H3. The van der Waals surface area contributed by atoms with Gasteiger partial charge in [0.25, 0.3) is 0 Å². The van der Waals surface area contributed by atoms with Crippen molar-refractivity contribution in [2.45, 2.75) is 44.6 Å².